The van der Waals surface area contributed by atoms with Gasteiger partial charge in [0.1, 0.15) is 5.69 Å². The van der Waals surface area contributed by atoms with Gasteiger partial charge in [-0.1, -0.05) is 0 Å². The summed E-state index contributed by atoms with van der Waals surface area (Å²) in [5, 5.41) is 2.74. The molecule has 1 amide bonds. The van der Waals surface area contributed by atoms with E-state index in [2.05, 4.69) is 5.32 Å². The van der Waals surface area contributed by atoms with E-state index in [1.165, 1.54) is 6.92 Å². The summed E-state index contributed by atoms with van der Waals surface area (Å²) in [6.45, 7) is 2.33. The van der Waals surface area contributed by atoms with E-state index in [4.69, 9.17) is 5.73 Å². The van der Waals surface area contributed by atoms with Crippen molar-refractivity contribution in [2.24, 2.45) is 0 Å². The second-order valence-corrected chi connectivity index (χ2v) is 4.47. The molecule has 2 rings (SSSR count). The van der Waals surface area contributed by atoms with Crippen molar-refractivity contribution in [3.63, 3.8) is 0 Å². The zero-order valence-electron chi connectivity index (χ0n) is 10.0. The first-order chi connectivity index (χ1) is 8.47. The molecule has 0 aliphatic carbocycles. The van der Waals surface area contributed by atoms with E-state index in [0.29, 0.717) is 19.5 Å². The van der Waals surface area contributed by atoms with Gasteiger partial charge in [0.05, 0.1) is 0 Å². The van der Waals surface area contributed by atoms with E-state index in [9.17, 15) is 13.6 Å². The monoisotopic (exact) mass is 255 g/mol. The van der Waals surface area contributed by atoms with Crippen LogP contribution in [0.1, 0.15) is 13.3 Å². The van der Waals surface area contributed by atoms with Crippen LogP contribution in [-0.2, 0) is 4.79 Å². The van der Waals surface area contributed by atoms with Gasteiger partial charge < -0.3 is 16.0 Å². The molecule has 1 aliphatic heterocycles. The van der Waals surface area contributed by atoms with Gasteiger partial charge in [-0.25, -0.2) is 8.78 Å². The number of nitrogens with zero attached hydrogens (tertiary/aromatic N) is 1. The highest BCUT2D eigenvalue weighted by Crippen LogP contribution is 2.28. The number of halogens is 2. The van der Waals surface area contributed by atoms with Crippen molar-refractivity contribution < 1.29 is 13.6 Å². The molecule has 1 aromatic rings. The van der Waals surface area contributed by atoms with Crippen LogP contribution >= 0.6 is 0 Å². The van der Waals surface area contributed by atoms with Crippen LogP contribution in [0.4, 0.5) is 20.2 Å². The fourth-order valence-corrected chi connectivity index (χ4v) is 2.26. The number of carbonyl (C=O) groups excluding carboxylic acids is 1. The lowest BCUT2D eigenvalue weighted by Crippen LogP contribution is -2.35. The summed E-state index contributed by atoms with van der Waals surface area (Å²) in [6, 6.07) is 2.13. The standard InChI is InChI=1S/C12H15F2N3O/c1-7(18)16-9-2-3-17(6-9)12-10(13)4-8(15)5-11(12)14/h4-5,9H,2-3,6,15H2,1H3,(H,16,18). The summed E-state index contributed by atoms with van der Waals surface area (Å²) in [5.74, 6) is -1.48. The molecular weight excluding hydrogens is 240 g/mol. The van der Waals surface area contributed by atoms with Crippen molar-refractivity contribution in [2.45, 2.75) is 19.4 Å². The molecule has 1 aliphatic rings. The highest BCUT2D eigenvalue weighted by Gasteiger charge is 2.27. The molecule has 98 valence electrons. The van der Waals surface area contributed by atoms with Crippen LogP contribution in [0.15, 0.2) is 12.1 Å². The number of hydrogen-bond donors (Lipinski definition) is 2. The van der Waals surface area contributed by atoms with E-state index < -0.39 is 11.6 Å². The fraction of sp³-hybridized carbons (Fsp3) is 0.417. The number of hydrogen-bond acceptors (Lipinski definition) is 3. The molecule has 1 aromatic carbocycles. The first-order valence-corrected chi connectivity index (χ1v) is 5.74. The van der Waals surface area contributed by atoms with Crippen molar-refractivity contribution in [1.82, 2.24) is 5.32 Å². The Kier molecular flexibility index (Phi) is 3.36. The molecule has 3 N–H and O–H groups in total. The van der Waals surface area contributed by atoms with E-state index in [1.54, 1.807) is 4.90 Å². The van der Waals surface area contributed by atoms with Gasteiger partial charge in [-0.3, -0.25) is 4.79 Å². The summed E-state index contributed by atoms with van der Waals surface area (Å²) in [6.07, 6.45) is 0.669. The Labute approximate surface area is 104 Å². The van der Waals surface area contributed by atoms with Gasteiger partial charge in [0, 0.05) is 31.7 Å². The van der Waals surface area contributed by atoms with Gasteiger partial charge in [0.25, 0.3) is 0 Å². The third-order valence-electron chi connectivity index (χ3n) is 2.95. The van der Waals surface area contributed by atoms with Gasteiger partial charge >= 0.3 is 0 Å². The largest absolute Gasteiger partial charge is 0.399 e. The SMILES string of the molecule is CC(=O)NC1CCN(c2c(F)cc(N)cc2F)C1. The molecule has 1 heterocycles. The molecule has 4 nitrogen and oxygen atoms in total. The van der Waals surface area contributed by atoms with Crippen LogP contribution in [0.25, 0.3) is 0 Å². The zero-order chi connectivity index (χ0) is 13.3. The zero-order valence-corrected chi connectivity index (χ0v) is 10.0. The summed E-state index contributed by atoms with van der Waals surface area (Å²) in [7, 11) is 0. The molecule has 0 bridgehead atoms. The fourth-order valence-electron chi connectivity index (χ4n) is 2.26. The van der Waals surface area contributed by atoms with Gasteiger partial charge in [0.15, 0.2) is 11.6 Å². The molecule has 18 heavy (non-hydrogen) atoms. The maximum absolute atomic E-state index is 13.7. The molecule has 1 atom stereocenters. The quantitative estimate of drug-likeness (QED) is 0.782. The number of rotatable bonds is 2. The molecular formula is C12H15F2N3O. The Morgan fingerprint density at radius 1 is 1.44 bits per heavy atom. The van der Waals surface area contributed by atoms with E-state index >= 15 is 0 Å². The van der Waals surface area contributed by atoms with Crippen LogP contribution < -0.4 is 16.0 Å². The van der Waals surface area contributed by atoms with Crippen LogP contribution in [0.3, 0.4) is 0 Å². The maximum atomic E-state index is 13.7. The van der Waals surface area contributed by atoms with Crippen molar-refractivity contribution in [1.29, 1.82) is 0 Å². The summed E-state index contributed by atoms with van der Waals surface area (Å²) >= 11 is 0. The lowest BCUT2D eigenvalue weighted by molar-refractivity contribution is -0.119. The number of amides is 1. The minimum Gasteiger partial charge on any atom is -0.399 e. The summed E-state index contributed by atoms with van der Waals surface area (Å²) < 4.78 is 27.4. The summed E-state index contributed by atoms with van der Waals surface area (Å²) in [5.41, 5.74) is 5.35. The normalized spacial score (nSPS) is 19.1. The van der Waals surface area contributed by atoms with Gasteiger partial charge in [-0.05, 0) is 18.6 Å². The first-order valence-electron chi connectivity index (χ1n) is 5.74. The molecule has 1 unspecified atom stereocenters. The third kappa shape index (κ3) is 2.52. The smallest absolute Gasteiger partial charge is 0.217 e. The molecule has 1 saturated heterocycles. The van der Waals surface area contributed by atoms with Crippen molar-refractivity contribution in [3.8, 4) is 0 Å². The predicted octanol–water partition coefficient (Wildman–Crippen LogP) is 1.26. The lowest BCUT2D eigenvalue weighted by atomic mass is 10.2. The highest BCUT2D eigenvalue weighted by molar-refractivity contribution is 5.73. The van der Waals surface area contributed by atoms with Gasteiger partial charge in [-0.15, -0.1) is 0 Å². The lowest BCUT2D eigenvalue weighted by Gasteiger charge is -2.20. The third-order valence-corrected chi connectivity index (χ3v) is 2.95. The molecule has 0 radical (unpaired) electrons. The molecule has 6 heteroatoms. The van der Waals surface area contributed by atoms with E-state index in [0.717, 1.165) is 12.1 Å². The average Bonchev–Trinajstić information content (AvgIpc) is 2.63. The van der Waals surface area contributed by atoms with Gasteiger partial charge in [0.2, 0.25) is 5.91 Å². The summed E-state index contributed by atoms with van der Waals surface area (Å²) in [4.78, 5) is 12.5. The average molecular weight is 255 g/mol. The second-order valence-electron chi connectivity index (χ2n) is 4.47. The number of nitrogens with two attached hydrogens (primary N) is 1. The Balaban J connectivity index is 2.17. The van der Waals surface area contributed by atoms with Crippen LogP contribution in [0.2, 0.25) is 0 Å². The van der Waals surface area contributed by atoms with E-state index in [1.807, 2.05) is 0 Å². The number of carbonyl (C=O) groups is 1. The Morgan fingerprint density at radius 3 is 2.61 bits per heavy atom. The molecule has 0 spiro atoms. The van der Waals surface area contributed by atoms with Gasteiger partial charge in [-0.2, -0.15) is 0 Å². The highest BCUT2D eigenvalue weighted by atomic mass is 19.1. The Hall–Kier alpha value is -1.85. The van der Waals surface area contributed by atoms with Crippen molar-refractivity contribution in [3.05, 3.63) is 23.8 Å². The number of anilines is 2. The Morgan fingerprint density at radius 2 is 2.06 bits per heavy atom. The minimum absolute atomic E-state index is 0.0614. The van der Waals surface area contributed by atoms with Crippen LogP contribution in [0.5, 0.6) is 0 Å². The number of nitrogens with one attached hydrogen (secondary N) is 1. The van der Waals surface area contributed by atoms with Crippen molar-refractivity contribution >= 4 is 17.3 Å². The van der Waals surface area contributed by atoms with E-state index in [-0.39, 0.29) is 23.3 Å². The number of benzene rings is 1. The second kappa shape index (κ2) is 4.80. The first kappa shape index (κ1) is 12.6. The Bertz CT molecular complexity index is 455. The molecule has 1 fully saturated rings. The molecule has 0 saturated carbocycles. The van der Waals surface area contributed by atoms with Crippen LogP contribution in [-0.4, -0.2) is 25.0 Å². The minimum atomic E-state index is -0.670. The van der Waals surface area contributed by atoms with Crippen LogP contribution in [0, 0.1) is 11.6 Å². The maximum Gasteiger partial charge on any atom is 0.217 e. The number of nitrogen functional groups attached to an aromatic ring is 1. The topological polar surface area (TPSA) is 58.4 Å². The van der Waals surface area contributed by atoms with Crippen molar-refractivity contribution in [2.75, 3.05) is 23.7 Å². The molecule has 0 aromatic heterocycles. The predicted molar refractivity (Wildman–Crippen MR) is 65.2 cm³/mol.